The molecule has 1 saturated heterocycles. The number of Topliss-reactive ketones (excluding diaryl/α,β-unsaturated/α-hetero) is 1. The largest absolute Gasteiger partial charge is 0.507 e. The number of carbonyl (C=O) groups excluding carboxylic acids is 2. The number of likely N-dealkylation sites (tertiary alicyclic amines) is 1. The normalized spacial score (nSPS) is 18.1. The van der Waals surface area contributed by atoms with Gasteiger partial charge in [0.25, 0.3) is 11.7 Å². The Kier molecular flexibility index (Phi) is 5.14. The molecule has 30 heavy (non-hydrogen) atoms. The fourth-order valence-corrected chi connectivity index (χ4v) is 3.59. The van der Waals surface area contributed by atoms with E-state index in [4.69, 9.17) is 0 Å². The summed E-state index contributed by atoms with van der Waals surface area (Å²) >= 11 is 0. The van der Waals surface area contributed by atoms with Gasteiger partial charge in [0.05, 0.1) is 11.6 Å². The van der Waals surface area contributed by atoms with Crippen molar-refractivity contribution in [2.45, 2.75) is 19.5 Å². The van der Waals surface area contributed by atoms with E-state index in [0.29, 0.717) is 5.56 Å². The molecule has 6 heteroatoms. The van der Waals surface area contributed by atoms with Gasteiger partial charge in [-0.05, 0) is 48.4 Å². The Morgan fingerprint density at radius 2 is 1.77 bits per heavy atom. The second-order valence-corrected chi connectivity index (χ2v) is 7.21. The van der Waals surface area contributed by atoms with Crippen molar-refractivity contribution in [3.8, 4) is 0 Å². The second kappa shape index (κ2) is 7.91. The van der Waals surface area contributed by atoms with Gasteiger partial charge in [0.15, 0.2) is 0 Å². The third kappa shape index (κ3) is 3.59. The van der Waals surface area contributed by atoms with Gasteiger partial charge in [-0.1, -0.05) is 35.9 Å². The number of rotatable bonds is 4. The molecule has 1 aliphatic rings. The van der Waals surface area contributed by atoms with E-state index in [9.17, 15) is 19.1 Å². The van der Waals surface area contributed by atoms with Crippen LogP contribution in [0.25, 0.3) is 5.76 Å². The van der Waals surface area contributed by atoms with Crippen molar-refractivity contribution in [2.75, 3.05) is 0 Å². The molecule has 1 amide bonds. The molecule has 1 atom stereocenters. The number of aliphatic hydroxyl groups excluding tert-OH is 1. The van der Waals surface area contributed by atoms with E-state index in [2.05, 4.69) is 4.98 Å². The zero-order valence-electron chi connectivity index (χ0n) is 16.2. The second-order valence-electron chi connectivity index (χ2n) is 7.21. The van der Waals surface area contributed by atoms with Crippen LogP contribution in [0.3, 0.4) is 0 Å². The number of amides is 1. The number of benzene rings is 2. The summed E-state index contributed by atoms with van der Waals surface area (Å²) in [6.07, 6.45) is 3.26. The van der Waals surface area contributed by atoms with Crippen LogP contribution in [0.1, 0.15) is 28.3 Å². The lowest BCUT2D eigenvalue weighted by Crippen LogP contribution is -2.29. The highest BCUT2D eigenvalue weighted by Crippen LogP contribution is 2.40. The van der Waals surface area contributed by atoms with Crippen molar-refractivity contribution in [3.05, 3.63) is 107 Å². The first-order chi connectivity index (χ1) is 14.5. The zero-order valence-corrected chi connectivity index (χ0v) is 16.2. The Bertz CT molecular complexity index is 1120. The molecule has 0 aliphatic carbocycles. The van der Waals surface area contributed by atoms with Crippen LogP contribution in [0.5, 0.6) is 0 Å². The zero-order chi connectivity index (χ0) is 21.3. The van der Waals surface area contributed by atoms with Gasteiger partial charge < -0.3 is 10.0 Å². The summed E-state index contributed by atoms with van der Waals surface area (Å²) in [4.78, 5) is 31.4. The molecule has 0 spiro atoms. The molecule has 150 valence electrons. The van der Waals surface area contributed by atoms with Crippen molar-refractivity contribution < 1.29 is 19.1 Å². The Hall–Kier alpha value is -3.80. The molecule has 5 nitrogen and oxygen atoms in total. The standard InChI is InChI=1S/C24H19FN2O3/c1-15-4-6-17(7-5-15)21-20(22(28)18-8-10-19(25)11-9-18)23(29)24(30)27(21)14-16-3-2-12-26-13-16/h2-13,21,28H,14H2,1H3/b22-20+/t21-/m0/s1. The molecule has 3 aromatic rings. The maximum absolute atomic E-state index is 13.3. The fourth-order valence-electron chi connectivity index (χ4n) is 3.59. The van der Waals surface area contributed by atoms with Crippen molar-refractivity contribution in [3.63, 3.8) is 0 Å². The van der Waals surface area contributed by atoms with Crippen LogP contribution in [0.4, 0.5) is 4.39 Å². The summed E-state index contributed by atoms with van der Waals surface area (Å²) in [5, 5.41) is 10.9. The first kappa shape index (κ1) is 19.5. The third-order valence-corrected chi connectivity index (χ3v) is 5.13. The molecule has 1 fully saturated rings. The van der Waals surface area contributed by atoms with Crippen LogP contribution in [0.15, 0.2) is 78.6 Å². The first-order valence-corrected chi connectivity index (χ1v) is 9.45. The quantitative estimate of drug-likeness (QED) is 0.404. The van der Waals surface area contributed by atoms with Gasteiger partial charge >= 0.3 is 0 Å². The van der Waals surface area contributed by atoms with Gasteiger partial charge in [-0.25, -0.2) is 4.39 Å². The molecule has 0 radical (unpaired) electrons. The number of aromatic nitrogens is 1. The summed E-state index contributed by atoms with van der Waals surface area (Å²) in [6, 6.07) is 15.4. The van der Waals surface area contributed by atoms with E-state index >= 15 is 0 Å². The van der Waals surface area contributed by atoms with Crippen LogP contribution >= 0.6 is 0 Å². The smallest absolute Gasteiger partial charge is 0.295 e. The number of ketones is 1. The minimum Gasteiger partial charge on any atom is -0.507 e. The van der Waals surface area contributed by atoms with Gasteiger partial charge in [0.2, 0.25) is 0 Å². The predicted molar refractivity (Wildman–Crippen MR) is 110 cm³/mol. The van der Waals surface area contributed by atoms with Crippen molar-refractivity contribution >= 4 is 17.4 Å². The SMILES string of the molecule is Cc1ccc([C@H]2/C(=C(\O)c3ccc(F)cc3)C(=O)C(=O)N2Cc2cccnc2)cc1. The van der Waals surface area contributed by atoms with Crippen LogP contribution in [-0.4, -0.2) is 26.7 Å². The van der Waals surface area contributed by atoms with Crippen LogP contribution in [-0.2, 0) is 16.1 Å². The van der Waals surface area contributed by atoms with Crippen molar-refractivity contribution in [2.24, 2.45) is 0 Å². The van der Waals surface area contributed by atoms with Crippen molar-refractivity contribution in [1.82, 2.24) is 9.88 Å². The van der Waals surface area contributed by atoms with Gasteiger partial charge in [-0.15, -0.1) is 0 Å². The Labute approximate surface area is 173 Å². The minimum absolute atomic E-state index is 0.0145. The fraction of sp³-hybridized carbons (Fsp3) is 0.125. The Balaban J connectivity index is 1.85. The number of hydrogen-bond donors (Lipinski definition) is 1. The lowest BCUT2D eigenvalue weighted by atomic mass is 9.94. The average Bonchev–Trinajstić information content (AvgIpc) is 3.00. The highest BCUT2D eigenvalue weighted by atomic mass is 19.1. The Morgan fingerprint density at radius 1 is 1.07 bits per heavy atom. The van der Waals surface area contributed by atoms with E-state index in [-0.39, 0.29) is 23.4 Å². The monoisotopic (exact) mass is 402 g/mol. The number of aryl methyl sites for hydroxylation is 1. The molecule has 2 heterocycles. The molecule has 0 bridgehead atoms. The lowest BCUT2D eigenvalue weighted by molar-refractivity contribution is -0.140. The van der Waals surface area contributed by atoms with E-state index in [0.717, 1.165) is 11.1 Å². The average molecular weight is 402 g/mol. The van der Waals surface area contributed by atoms with Crippen molar-refractivity contribution in [1.29, 1.82) is 0 Å². The van der Waals surface area contributed by atoms with Gasteiger partial charge in [-0.2, -0.15) is 0 Å². The minimum atomic E-state index is -0.772. The summed E-state index contributed by atoms with van der Waals surface area (Å²) in [6.45, 7) is 2.10. The van der Waals surface area contributed by atoms with E-state index in [1.165, 1.54) is 29.2 Å². The summed E-state index contributed by atoms with van der Waals surface area (Å²) in [5.41, 5.74) is 2.75. The highest BCUT2D eigenvalue weighted by Gasteiger charge is 2.46. The van der Waals surface area contributed by atoms with Crippen LogP contribution in [0, 0.1) is 12.7 Å². The summed E-state index contributed by atoms with van der Waals surface area (Å²) in [5.74, 6) is -2.26. The van der Waals surface area contributed by atoms with Gasteiger partial charge in [0, 0.05) is 24.5 Å². The number of nitrogens with zero attached hydrogens (tertiary/aromatic N) is 2. The number of pyridine rings is 1. The highest BCUT2D eigenvalue weighted by molar-refractivity contribution is 6.46. The molecular formula is C24H19FN2O3. The maximum Gasteiger partial charge on any atom is 0.295 e. The van der Waals surface area contributed by atoms with E-state index in [1.54, 1.807) is 18.5 Å². The number of carbonyl (C=O) groups is 2. The first-order valence-electron chi connectivity index (χ1n) is 9.45. The van der Waals surface area contributed by atoms with Gasteiger partial charge in [-0.3, -0.25) is 14.6 Å². The van der Waals surface area contributed by atoms with Crippen LogP contribution < -0.4 is 0 Å². The van der Waals surface area contributed by atoms with Gasteiger partial charge in [0.1, 0.15) is 11.6 Å². The molecular weight excluding hydrogens is 383 g/mol. The molecule has 1 N–H and O–H groups in total. The number of aliphatic hydroxyl groups is 1. The molecule has 0 saturated carbocycles. The third-order valence-electron chi connectivity index (χ3n) is 5.13. The molecule has 1 aliphatic heterocycles. The van der Waals surface area contributed by atoms with E-state index < -0.39 is 23.5 Å². The number of hydrogen-bond acceptors (Lipinski definition) is 4. The maximum atomic E-state index is 13.3. The Morgan fingerprint density at radius 3 is 2.40 bits per heavy atom. The lowest BCUT2D eigenvalue weighted by Gasteiger charge is -2.25. The summed E-state index contributed by atoms with van der Waals surface area (Å²) in [7, 11) is 0. The molecule has 0 unspecified atom stereocenters. The molecule has 4 rings (SSSR count). The predicted octanol–water partition coefficient (Wildman–Crippen LogP) is 4.15. The molecule has 1 aromatic heterocycles. The molecule has 2 aromatic carbocycles. The van der Waals surface area contributed by atoms with Crippen LogP contribution in [0.2, 0.25) is 0 Å². The summed E-state index contributed by atoms with van der Waals surface area (Å²) < 4.78 is 13.3. The van der Waals surface area contributed by atoms with E-state index in [1.807, 2.05) is 37.3 Å². The topological polar surface area (TPSA) is 70.5 Å². The number of halogens is 1.